The second-order valence-corrected chi connectivity index (χ2v) is 3.86. The fourth-order valence-electron chi connectivity index (χ4n) is 1.57. The molecule has 0 aliphatic rings. The molecule has 2 heteroatoms. The summed E-state index contributed by atoms with van der Waals surface area (Å²) >= 11 is 0. The van der Waals surface area contributed by atoms with Crippen molar-refractivity contribution < 1.29 is 9.52 Å². The summed E-state index contributed by atoms with van der Waals surface area (Å²) in [6.45, 7) is 4.09. The van der Waals surface area contributed by atoms with Crippen molar-refractivity contribution in [3.8, 4) is 0 Å². The number of aliphatic hydroxyl groups excluding tert-OH is 1. The highest BCUT2D eigenvalue weighted by Gasteiger charge is 2.09. The molecular formula is C12H20O2. The monoisotopic (exact) mass is 196 g/mol. The third-order valence-electron chi connectivity index (χ3n) is 2.47. The number of rotatable bonds is 6. The molecule has 0 aliphatic heterocycles. The van der Waals surface area contributed by atoms with Gasteiger partial charge in [0, 0.05) is 5.56 Å². The maximum Gasteiger partial charge on any atom is 0.101 e. The van der Waals surface area contributed by atoms with E-state index in [0.29, 0.717) is 0 Å². The number of hydrogen-bond donors (Lipinski definition) is 1. The maximum absolute atomic E-state index is 9.77. The quantitative estimate of drug-likeness (QED) is 0.705. The Balaban J connectivity index is 2.25. The molecule has 0 radical (unpaired) electrons. The maximum atomic E-state index is 9.77. The molecular weight excluding hydrogens is 176 g/mol. The largest absolute Gasteiger partial charge is 0.469 e. The Hall–Kier alpha value is -0.760. The fraction of sp³-hybridized carbons (Fsp3) is 0.667. The molecule has 2 nitrogen and oxygen atoms in total. The Kier molecular flexibility index (Phi) is 4.74. The SMILES string of the molecule is CCCCCCC(O)c1coc(C)c1. The fourth-order valence-corrected chi connectivity index (χ4v) is 1.57. The molecule has 0 fully saturated rings. The van der Waals surface area contributed by atoms with Gasteiger partial charge in [0.15, 0.2) is 0 Å². The van der Waals surface area contributed by atoms with E-state index in [1.807, 2.05) is 13.0 Å². The molecule has 14 heavy (non-hydrogen) atoms. The molecule has 0 spiro atoms. The summed E-state index contributed by atoms with van der Waals surface area (Å²) in [7, 11) is 0. The molecule has 1 atom stereocenters. The minimum absolute atomic E-state index is 0.343. The van der Waals surface area contributed by atoms with Gasteiger partial charge in [-0.25, -0.2) is 0 Å². The second-order valence-electron chi connectivity index (χ2n) is 3.86. The van der Waals surface area contributed by atoms with Crippen LogP contribution in [0, 0.1) is 6.92 Å². The van der Waals surface area contributed by atoms with Crippen molar-refractivity contribution in [2.75, 3.05) is 0 Å². The average Bonchev–Trinajstić information content (AvgIpc) is 2.59. The van der Waals surface area contributed by atoms with Crippen LogP contribution in [-0.4, -0.2) is 5.11 Å². The van der Waals surface area contributed by atoms with E-state index in [4.69, 9.17) is 4.42 Å². The molecule has 0 bridgehead atoms. The summed E-state index contributed by atoms with van der Waals surface area (Å²) < 4.78 is 5.15. The van der Waals surface area contributed by atoms with Crippen molar-refractivity contribution >= 4 is 0 Å². The lowest BCUT2D eigenvalue weighted by molar-refractivity contribution is 0.162. The molecule has 0 amide bonds. The average molecular weight is 196 g/mol. The molecule has 0 saturated carbocycles. The third-order valence-corrected chi connectivity index (χ3v) is 2.47. The van der Waals surface area contributed by atoms with Crippen LogP contribution in [0.2, 0.25) is 0 Å². The van der Waals surface area contributed by atoms with Crippen LogP contribution in [-0.2, 0) is 0 Å². The number of aliphatic hydroxyl groups is 1. The lowest BCUT2D eigenvalue weighted by Gasteiger charge is -2.06. The predicted octanol–water partition coefficient (Wildman–Crippen LogP) is 3.59. The van der Waals surface area contributed by atoms with Crippen LogP contribution in [0.5, 0.6) is 0 Å². The van der Waals surface area contributed by atoms with Crippen molar-refractivity contribution in [1.29, 1.82) is 0 Å². The van der Waals surface area contributed by atoms with Crippen molar-refractivity contribution in [3.63, 3.8) is 0 Å². The summed E-state index contributed by atoms with van der Waals surface area (Å²) in [4.78, 5) is 0. The number of unbranched alkanes of at least 4 members (excludes halogenated alkanes) is 3. The van der Waals surface area contributed by atoms with Crippen LogP contribution in [0.3, 0.4) is 0 Å². The Labute approximate surface area is 85.9 Å². The Morgan fingerprint density at radius 2 is 2.14 bits per heavy atom. The van der Waals surface area contributed by atoms with Gasteiger partial charge in [0.25, 0.3) is 0 Å². The van der Waals surface area contributed by atoms with Crippen LogP contribution >= 0.6 is 0 Å². The molecule has 0 aliphatic carbocycles. The first-order valence-corrected chi connectivity index (χ1v) is 5.47. The van der Waals surface area contributed by atoms with E-state index in [0.717, 1.165) is 24.2 Å². The lowest BCUT2D eigenvalue weighted by Crippen LogP contribution is -1.95. The highest BCUT2D eigenvalue weighted by atomic mass is 16.3. The van der Waals surface area contributed by atoms with Crippen LogP contribution in [0.25, 0.3) is 0 Å². The van der Waals surface area contributed by atoms with Gasteiger partial charge in [-0.2, -0.15) is 0 Å². The summed E-state index contributed by atoms with van der Waals surface area (Å²) in [5, 5.41) is 9.77. The normalized spacial score (nSPS) is 13.1. The van der Waals surface area contributed by atoms with Gasteiger partial charge in [0.05, 0.1) is 12.4 Å². The zero-order chi connectivity index (χ0) is 10.4. The standard InChI is InChI=1S/C12H20O2/c1-3-4-5-6-7-12(13)11-8-10(2)14-9-11/h8-9,12-13H,3-7H2,1-2H3. The first-order valence-electron chi connectivity index (χ1n) is 5.47. The van der Waals surface area contributed by atoms with Crippen LogP contribution in [0.4, 0.5) is 0 Å². The van der Waals surface area contributed by atoms with E-state index < -0.39 is 0 Å². The van der Waals surface area contributed by atoms with Gasteiger partial charge >= 0.3 is 0 Å². The van der Waals surface area contributed by atoms with Gasteiger partial charge in [-0.3, -0.25) is 0 Å². The topological polar surface area (TPSA) is 33.4 Å². The van der Waals surface area contributed by atoms with E-state index in [1.54, 1.807) is 6.26 Å². The number of furan rings is 1. The van der Waals surface area contributed by atoms with Crippen LogP contribution in [0.1, 0.15) is 56.5 Å². The minimum Gasteiger partial charge on any atom is -0.469 e. The first-order chi connectivity index (χ1) is 6.74. The molecule has 80 valence electrons. The van der Waals surface area contributed by atoms with Crippen molar-refractivity contribution in [3.05, 3.63) is 23.7 Å². The third kappa shape index (κ3) is 3.54. The Bertz CT molecular complexity index is 253. The van der Waals surface area contributed by atoms with Gasteiger partial charge in [0.1, 0.15) is 5.76 Å². The zero-order valence-corrected chi connectivity index (χ0v) is 9.12. The van der Waals surface area contributed by atoms with Gasteiger partial charge in [-0.05, 0) is 19.4 Å². The van der Waals surface area contributed by atoms with Crippen molar-refractivity contribution in [1.82, 2.24) is 0 Å². The van der Waals surface area contributed by atoms with Gasteiger partial charge in [0.2, 0.25) is 0 Å². The van der Waals surface area contributed by atoms with E-state index in [2.05, 4.69) is 6.92 Å². The van der Waals surface area contributed by atoms with Crippen LogP contribution < -0.4 is 0 Å². The molecule has 1 heterocycles. The summed E-state index contributed by atoms with van der Waals surface area (Å²) in [6, 6.07) is 1.91. The molecule has 1 unspecified atom stereocenters. The van der Waals surface area contributed by atoms with Gasteiger partial charge in [-0.1, -0.05) is 32.6 Å². The molecule has 1 N–H and O–H groups in total. The summed E-state index contributed by atoms with van der Waals surface area (Å²) in [5.74, 6) is 0.868. The van der Waals surface area contributed by atoms with E-state index in [1.165, 1.54) is 19.3 Å². The number of aryl methyl sites for hydroxylation is 1. The minimum atomic E-state index is -0.343. The number of hydrogen-bond acceptors (Lipinski definition) is 2. The van der Waals surface area contributed by atoms with Crippen LogP contribution in [0.15, 0.2) is 16.7 Å². The summed E-state index contributed by atoms with van der Waals surface area (Å²) in [5.41, 5.74) is 0.916. The molecule has 1 aromatic heterocycles. The first kappa shape index (κ1) is 11.3. The second kappa shape index (κ2) is 5.86. The molecule has 0 saturated heterocycles. The molecule has 1 rings (SSSR count). The van der Waals surface area contributed by atoms with E-state index >= 15 is 0 Å². The lowest BCUT2D eigenvalue weighted by atomic mass is 10.1. The zero-order valence-electron chi connectivity index (χ0n) is 9.12. The van der Waals surface area contributed by atoms with Crippen molar-refractivity contribution in [2.45, 2.75) is 52.1 Å². The molecule has 1 aromatic rings. The van der Waals surface area contributed by atoms with Gasteiger partial charge in [-0.15, -0.1) is 0 Å². The van der Waals surface area contributed by atoms with E-state index in [-0.39, 0.29) is 6.10 Å². The highest BCUT2D eigenvalue weighted by molar-refractivity contribution is 5.14. The predicted molar refractivity (Wildman–Crippen MR) is 57.2 cm³/mol. The summed E-state index contributed by atoms with van der Waals surface area (Å²) in [6.07, 6.45) is 6.96. The molecule has 0 aromatic carbocycles. The van der Waals surface area contributed by atoms with E-state index in [9.17, 15) is 5.11 Å². The van der Waals surface area contributed by atoms with Gasteiger partial charge < -0.3 is 9.52 Å². The highest BCUT2D eigenvalue weighted by Crippen LogP contribution is 2.21. The Morgan fingerprint density at radius 3 is 2.71 bits per heavy atom. The van der Waals surface area contributed by atoms with Crippen molar-refractivity contribution in [2.24, 2.45) is 0 Å². The smallest absolute Gasteiger partial charge is 0.101 e. The Morgan fingerprint density at radius 1 is 1.36 bits per heavy atom.